The number of anilines is 1. The zero-order chi connectivity index (χ0) is 20.6. The molecule has 0 bridgehead atoms. The van der Waals surface area contributed by atoms with Gasteiger partial charge in [0.25, 0.3) is 0 Å². The zero-order valence-electron chi connectivity index (χ0n) is 14.8. The van der Waals surface area contributed by atoms with Crippen LogP contribution in [0.5, 0.6) is 0 Å². The van der Waals surface area contributed by atoms with Gasteiger partial charge in [0.1, 0.15) is 11.5 Å². The van der Waals surface area contributed by atoms with E-state index in [0.717, 1.165) is 16.4 Å². The highest BCUT2D eigenvalue weighted by atomic mass is 35.5. The Bertz CT molecular complexity index is 1180. The summed E-state index contributed by atoms with van der Waals surface area (Å²) in [5, 5.41) is 0.527. The minimum atomic E-state index is -4.06. The second-order valence-corrected chi connectivity index (χ2v) is 8.10. The lowest BCUT2D eigenvalue weighted by Crippen LogP contribution is -2.32. The van der Waals surface area contributed by atoms with Crippen LogP contribution < -0.4 is 4.72 Å². The van der Waals surface area contributed by atoms with Gasteiger partial charge in [0.2, 0.25) is 5.78 Å². The minimum absolute atomic E-state index is 0.0477. The van der Waals surface area contributed by atoms with Crippen molar-refractivity contribution in [2.75, 3.05) is 18.3 Å². The summed E-state index contributed by atoms with van der Waals surface area (Å²) in [7, 11) is -2.77. The average molecular weight is 429 g/mol. The summed E-state index contributed by atoms with van der Waals surface area (Å²) in [6.07, 6.45) is 2.62. The number of pyridine rings is 1. The molecule has 3 rings (SSSR count). The number of nitrogens with zero attached hydrogens (tertiary/aromatic N) is 2. The Hall–Kier alpha value is -2.56. The number of aromatic nitrogens is 2. The number of ketones is 1. The number of aromatic amines is 1. The molecule has 0 aliphatic rings. The Kier molecular flexibility index (Phi) is 5.37. The highest BCUT2D eigenvalue weighted by Crippen LogP contribution is 2.28. The maximum Gasteiger partial charge on any atom is 0.301 e. The average Bonchev–Trinajstić information content (AvgIpc) is 3.06. The molecule has 0 aliphatic heterocycles. The number of carbonyl (C=O) groups is 1. The summed E-state index contributed by atoms with van der Waals surface area (Å²) in [4.78, 5) is 19.5. The molecule has 2 N–H and O–H groups in total. The standard InChI is InChI=1S/C17H15ClF2N4O3S/c1-3-24(2)28(26,27)23-13-5-4-12(19)14(15(13)20)16(25)11-8-22-17-10(11)6-9(18)7-21-17/h4-8,23H,3H2,1-2H3,(H,21,22). The zero-order valence-corrected chi connectivity index (χ0v) is 16.3. The van der Waals surface area contributed by atoms with Gasteiger partial charge in [0.15, 0.2) is 5.82 Å². The lowest BCUT2D eigenvalue weighted by atomic mass is 10.0. The molecule has 0 fully saturated rings. The molecule has 0 amide bonds. The first-order valence-corrected chi connectivity index (χ1v) is 9.87. The van der Waals surface area contributed by atoms with Crippen molar-refractivity contribution in [1.82, 2.24) is 14.3 Å². The Balaban J connectivity index is 2.09. The first-order chi connectivity index (χ1) is 13.2. The summed E-state index contributed by atoms with van der Waals surface area (Å²) in [6, 6.07) is 3.17. The molecule has 0 radical (unpaired) electrons. The predicted octanol–water partition coefficient (Wildman–Crippen LogP) is 3.33. The van der Waals surface area contributed by atoms with Crippen molar-refractivity contribution in [3.63, 3.8) is 0 Å². The van der Waals surface area contributed by atoms with E-state index >= 15 is 0 Å². The van der Waals surface area contributed by atoms with E-state index in [9.17, 15) is 22.0 Å². The van der Waals surface area contributed by atoms with Crippen LogP contribution in [0.2, 0.25) is 5.02 Å². The van der Waals surface area contributed by atoms with Gasteiger partial charge in [0, 0.05) is 36.9 Å². The molecule has 0 saturated heterocycles. The molecule has 0 unspecified atom stereocenters. The third-order valence-corrected chi connectivity index (χ3v) is 5.92. The first-order valence-electron chi connectivity index (χ1n) is 8.05. The maximum absolute atomic E-state index is 14.9. The molecule has 148 valence electrons. The van der Waals surface area contributed by atoms with Gasteiger partial charge in [-0.15, -0.1) is 0 Å². The molecular weight excluding hydrogens is 414 g/mol. The summed E-state index contributed by atoms with van der Waals surface area (Å²) in [6.45, 7) is 1.72. The predicted molar refractivity (Wildman–Crippen MR) is 102 cm³/mol. The fourth-order valence-electron chi connectivity index (χ4n) is 2.53. The van der Waals surface area contributed by atoms with Crippen LogP contribution in [0.3, 0.4) is 0 Å². The number of hydrogen-bond donors (Lipinski definition) is 2. The van der Waals surface area contributed by atoms with Crippen LogP contribution in [-0.2, 0) is 10.2 Å². The van der Waals surface area contributed by atoms with Crippen LogP contribution >= 0.6 is 11.6 Å². The van der Waals surface area contributed by atoms with E-state index in [1.54, 1.807) is 6.92 Å². The van der Waals surface area contributed by atoms with Gasteiger partial charge < -0.3 is 4.98 Å². The van der Waals surface area contributed by atoms with Gasteiger partial charge in [0.05, 0.1) is 16.3 Å². The van der Waals surface area contributed by atoms with E-state index in [4.69, 9.17) is 11.6 Å². The summed E-state index contributed by atoms with van der Waals surface area (Å²) < 4.78 is 56.4. The molecule has 1 aromatic carbocycles. The van der Waals surface area contributed by atoms with Crippen molar-refractivity contribution in [2.24, 2.45) is 0 Å². The van der Waals surface area contributed by atoms with Gasteiger partial charge in [-0.2, -0.15) is 12.7 Å². The van der Waals surface area contributed by atoms with E-state index in [1.807, 2.05) is 4.72 Å². The summed E-state index contributed by atoms with van der Waals surface area (Å²) in [5.74, 6) is -3.42. The van der Waals surface area contributed by atoms with Crippen molar-refractivity contribution in [2.45, 2.75) is 6.92 Å². The van der Waals surface area contributed by atoms with Crippen LogP contribution in [0.25, 0.3) is 11.0 Å². The third-order valence-electron chi connectivity index (χ3n) is 4.16. The first kappa shape index (κ1) is 20.2. The highest BCUT2D eigenvalue weighted by molar-refractivity contribution is 7.90. The number of benzene rings is 1. The van der Waals surface area contributed by atoms with E-state index in [-0.39, 0.29) is 22.5 Å². The number of H-pyrrole nitrogens is 1. The van der Waals surface area contributed by atoms with Gasteiger partial charge in [-0.25, -0.2) is 13.8 Å². The van der Waals surface area contributed by atoms with E-state index in [1.165, 1.54) is 25.5 Å². The van der Waals surface area contributed by atoms with Crippen LogP contribution in [0.1, 0.15) is 22.8 Å². The second-order valence-electron chi connectivity index (χ2n) is 5.89. The largest absolute Gasteiger partial charge is 0.345 e. The Labute approximate surface area is 164 Å². The van der Waals surface area contributed by atoms with Crippen molar-refractivity contribution in [3.8, 4) is 0 Å². The van der Waals surface area contributed by atoms with Crippen molar-refractivity contribution in [3.05, 3.63) is 58.4 Å². The molecule has 2 heterocycles. The topological polar surface area (TPSA) is 95.2 Å². The molecule has 0 atom stereocenters. The molecule has 2 aromatic heterocycles. The molecule has 3 aromatic rings. The normalized spacial score (nSPS) is 11.9. The van der Waals surface area contributed by atoms with Crippen LogP contribution in [-0.4, -0.2) is 42.1 Å². The minimum Gasteiger partial charge on any atom is -0.345 e. The fraction of sp³-hybridized carbons (Fsp3) is 0.176. The lowest BCUT2D eigenvalue weighted by Gasteiger charge is -2.17. The third kappa shape index (κ3) is 3.58. The SMILES string of the molecule is CCN(C)S(=O)(=O)Nc1ccc(F)c(C(=O)c2c[nH]c3ncc(Cl)cc23)c1F. The Morgan fingerprint density at radius 2 is 2.07 bits per heavy atom. The molecule has 0 aliphatic carbocycles. The molecule has 28 heavy (non-hydrogen) atoms. The van der Waals surface area contributed by atoms with E-state index in [2.05, 4.69) is 9.97 Å². The molecule has 0 saturated carbocycles. The fourth-order valence-corrected chi connectivity index (χ4v) is 3.62. The molecule has 11 heteroatoms. The second kappa shape index (κ2) is 7.46. The number of hydrogen-bond acceptors (Lipinski definition) is 4. The highest BCUT2D eigenvalue weighted by Gasteiger charge is 2.26. The maximum atomic E-state index is 14.9. The lowest BCUT2D eigenvalue weighted by molar-refractivity contribution is 0.103. The monoisotopic (exact) mass is 428 g/mol. The smallest absolute Gasteiger partial charge is 0.301 e. The molecule has 7 nitrogen and oxygen atoms in total. The van der Waals surface area contributed by atoms with E-state index in [0.29, 0.717) is 5.65 Å². The van der Waals surface area contributed by atoms with E-state index < -0.39 is 38.9 Å². The summed E-state index contributed by atoms with van der Waals surface area (Å²) >= 11 is 5.88. The number of nitrogens with one attached hydrogen (secondary N) is 2. The van der Waals surface area contributed by atoms with Gasteiger partial charge >= 0.3 is 10.2 Å². The number of halogens is 3. The quantitative estimate of drug-likeness (QED) is 0.589. The van der Waals surface area contributed by atoms with Crippen molar-refractivity contribution < 1.29 is 22.0 Å². The van der Waals surface area contributed by atoms with Crippen LogP contribution in [0.15, 0.2) is 30.6 Å². The van der Waals surface area contributed by atoms with Crippen LogP contribution in [0.4, 0.5) is 14.5 Å². The summed E-state index contributed by atoms with van der Waals surface area (Å²) in [5.41, 5.74) is -1.16. The number of carbonyl (C=O) groups excluding carboxylic acids is 1. The molecular formula is C17H15ClF2N4O3S. The molecule has 0 spiro atoms. The van der Waals surface area contributed by atoms with Crippen molar-refractivity contribution >= 4 is 44.3 Å². The van der Waals surface area contributed by atoms with Crippen molar-refractivity contribution in [1.29, 1.82) is 0 Å². The Morgan fingerprint density at radius 1 is 1.36 bits per heavy atom. The van der Waals surface area contributed by atoms with Crippen LogP contribution in [0, 0.1) is 11.6 Å². The van der Waals surface area contributed by atoms with Gasteiger partial charge in [-0.05, 0) is 18.2 Å². The number of fused-ring (bicyclic) bond motifs is 1. The Morgan fingerprint density at radius 3 is 2.75 bits per heavy atom. The van der Waals surface area contributed by atoms with Gasteiger partial charge in [-0.1, -0.05) is 18.5 Å². The van der Waals surface area contributed by atoms with Gasteiger partial charge in [-0.3, -0.25) is 9.52 Å². The number of rotatable bonds is 6.